The molecule has 0 saturated heterocycles. The summed E-state index contributed by atoms with van der Waals surface area (Å²) in [4.78, 5) is 16.1. The van der Waals surface area contributed by atoms with Crippen LogP contribution >= 0.6 is 11.6 Å². The number of aromatic nitrogens is 2. The van der Waals surface area contributed by atoms with Crippen LogP contribution in [0.25, 0.3) is 11.3 Å². The van der Waals surface area contributed by atoms with E-state index in [1.54, 1.807) is 12.4 Å². The smallest absolute Gasteiger partial charge is 0.341 e. The van der Waals surface area contributed by atoms with Gasteiger partial charge in [-0.15, -0.1) is 0 Å². The number of ether oxygens (including phenoxy) is 1. The first kappa shape index (κ1) is 14.6. The van der Waals surface area contributed by atoms with E-state index in [9.17, 15) is 4.79 Å². The highest BCUT2D eigenvalue weighted by atomic mass is 35.5. The van der Waals surface area contributed by atoms with E-state index in [0.29, 0.717) is 10.6 Å². The van der Waals surface area contributed by atoms with E-state index in [1.165, 1.54) is 7.11 Å². The lowest BCUT2D eigenvalue weighted by Gasteiger charge is -2.15. The fourth-order valence-corrected chi connectivity index (χ4v) is 2.84. The summed E-state index contributed by atoms with van der Waals surface area (Å²) in [7, 11) is 1.36. The largest absolute Gasteiger partial charge is 0.465 e. The fourth-order valence-electron chi connectivity index (χ4n) is 2.42. The number of pyridine rings is 1. The summed E-state index contributed by atoms with van der Waals surface area (Å²) in [6, 6.07) is 3.94. The maximum Gasteiger partial charge on any atom is 0.341 e. The third-order valence-electron chi connectivity index (χ3n) is 3.23. The molecule has 0 aromatic carbocycles. The zero-order valence-electron chi connectivity index (χ0n) is 12.0. The van der Waals surface area contributed by atoms with Crippen molar-refractivity contribution in [1.82, 2.24) is 9.55 Å². The van der Waals surface area contributed by atoms with Crippen molar-refractivity contribution < 1.29 is 9.53 Å². The average molecular weight is 293 g/mol. The fraction of sp³-hybridized carbons (Fsp3) is 0.333. The normalized spacial score (nSPS) is 10.9. The highest BCUT2D eigenvalue weighted by molar-refractivity contribution is 6.36. The first-order valence-electron chi connectivity index (χ1n) is 6.38. The van der Waals surface area contributed by atoms with E-state index in [-0.39, 0.29) is 6.04 Å². The number of hydrogen-bond acceptors (Lipinski definition) is 3. The second-order valence-corrected chi connectivity index (χ2v) is 5.20. The van der Waals surface area contributed by atoms with E-state index in [2.05, 4.69) is 4.98 Å². The maximum absolute atomic E-state index is 11.9. The molecule has 4 nitrogen and oxygen atoms in total. The molecule has 2 aromatic rings. The molecule has 0 unspecified atom stereocenters. The van der Waals surface area contributed by atoms with Crippen LogP contribution in [0.2, 0.25) is 5.02 Å². The van der Waals surface area contributed by atoms with Gasteiger partial charge in [0.05, 0.1) is 23.4 Å². The molecule has 0 aliphatic heterocycles. The molecule has 0 amide bonds. The van der Waals surface area contributed by atoms with Crippen molar-refractivity contribution in [2.75, 3.05) is 7.11 Å². The number of nitrogens with zero attached hydrogens (tertiary/aromatic N) is 2. The van der Waals surface area contributed by atoms with E-state index >= 15 is 0 Å². The molecular formula is C15H17ClN2O2. The Balaban J connectivity index is 2.77. The molecule has 0 fully saturated rings. The zero-order valence-corrected chi connectivity index (χ0v) is 12.7. The molecule has 2 rings (SSSR count). The molecular weight excluding hydrogens is 276 g/mol. The molecule has 0 N–H and O–H groups in total. The van der Waals surface area contributed by atoms with Crippen LogP contribution in [0, 0.1) is 6.92 Å². The van der Waals surface area contributed by atoms with Crippen molar-refractivity contribution in [2.24, 2.45) is 0 Å². The number of halogens is 1. The van der Waals surface area contributed by atoms with Gasteiger partial charge in [0.15, 0.2) is 0 Å². The molecule has 0 spiro atoms. The number of carbonyl (C=O) groups is 1. The molecule has 2 aromatic heterocycles. The van der Waals surface area contributed by atoms with Gasteiger partial charge in [0.2, 0.25) is 0 Å². The average Bonchev–Trinajstić information content (AvgIpc) is 2.70. The van der Waals surface area contributed by atoms with Gasteiger partial charge in [-0.1, -0.05) is 11.6 Å². The summed E-state index contributed by atoms with van der Waals surface area (Å²) in [5, 5.41) is 0.413. The van der Waals surface area contributed by atoms with E-state index < -0.39 is 5.97 Å². The minimum Gasteiger partial charge on any atom is -0.465 e. The number of hydrogen-bond donors (Lipinski definition) is 0. The molecule has 0 aliphatic carbocycles. The van der Waals surface area contributed by atoms with Crippen LogP contribution in [0.4, 0.5) is 0 Å². The second-order valence-electron chi connectivity index (χ2n) is 4.82. The van der Waals surface area contributed by atoms with E-state index in [0.717, 1.165) is 17.0 Å². The maximum atomic E-state index is 11.9. The number of esters is 1. The molecule has 20 heavy (non-hydrogen) atoms. The van der Waals surface area contributed by atoms with Crippen molar-refractivity contribution in [1.29, 1.82) is 0 Å². The van der Waals surface area contributed by atoms with Gasteiger partial charge in [-0.3, -0.25) is 4.98 Å². The molecule has 5 heteroatoms. The predicted octanol–water partition coefficient (Wildman–Crippen LogP) is 3.88. The Morgan fingerprint density at radius 2 is 2.15 bits per heavy atom. The summed E-state index contributed by atoms with van der Waals surface area (Å²) in [5.41, 5.74) is 2.90. The van der Waals surface area contributed by atoms with Gasteiger partial charge in [0.25, 0.3) is 0 Å². The van der Waals surface area contributed by atoms with Crippen LogP contribution in [-0.2, 0) is 4.74 Å². The van der Waals surface area contributed by atoms with Crippen LogP contribution in [0.15, 0.2) is 24.5 Å². The Hall–Kier alpha value is -1.81. The Morgan fingerprint density at radius 3 is 2.65 bits per heavy atom. The van der Waals surface area contributed by atoms with Crippen LogP contribution in [-0.4, -0.2) is 22.6 Å². The lowest BCUT2D eigenvalue weighted by atomic mass is 10.2. The van der Waals surface area contributed by atoms with Crippen LogP contribution < -0.4 is 0 Å². The molecule has 0 atom stereocenters. The van der Waals surface area contributed by atoms with Gasteiger partial charge in [-0.2, -0.15) is 0 Å². The monoisotopic (exact) mass is 292 g/mol. The lowest BCUT2D eigenvalue weighted by molar-refractivity contribution is 0.0600. The molecule has 0 aliphatic rings. The summed E-state index contributed by atoms with van der Waals surface area (Å²) >= 11 is 6.44. The molecule has 0 radical (unpaired) electrons. The molecule has 106 valence electrons. The summed E-state index contributed by atoms with van der Waals surface area (Å²) in [6.07, 6.45) is 3.44. The topological polar surface area (TPSA) is 44.1 Å². The molecule has 0 bridgehead atoms. The van der Waals surface area contributed by atoms with Crippen molar-refractivity contribution in [2.45, 2.75) is 26.8 Å². The summed E-state index contributed by atoms with van der Waals surface area (Å²) in [5.74, 6) is -0.419. The predicted molar refractivity (Wildman–Crippen MR) is 79.1 cm³/mol. The van der Waals surface area contributed by atoms with Gasteiger partial charge < -0.3 is 9.30 Å². The quantitative estimate of drug-likeness (QED) is 0.806. The van der Waals surface area contributed by atoms with Crippen molar-refractivity contribution >= 4 is 17.6 Å². The summed E-state index contributed by atoms with van der Waals surface area (Å²) in [6.45, 7) is 5.96. The lowest BCUT2D eigenvalue weighted by Crippen LogP contribution is -2.07. The standard InChI is InChI=1S/C15H17ClN2O2/c1-9(2)18-10(3)12(15(19)20-4)13(16)14(18)11-6-5-7-17-8-11/h5-9H,1-4H3. The third kappa shape index (κ3) is 2.31. The minimum atomic E-state index is -0.419. The zero-order chi connectivity index (χ0) is 14.9. The number of carbonyl (C=O) groups excluding carboxylic acids is 1. The van der Waals surface area contributed by atoms with Gasteiger partial charge in [-0.25, -0.2) is 4.79 Å². The Bertz CT molecular complexity index is 633. The summed E-state index contributed by atoms with van der Waals surface area (Å²) < 4.78 is 6.86. The third-order valence-corrected chi connectivity index (χ3v) is 3.60. The van der Waals surface area contributed by atoms with Crippen molar-refractivity contribution in [3.05, 3.63) is 40.8 Å². The van der Waals surface area contributed by atoms with Crippen molar-refractivity contribution in [3.63, 3.8) is 0 Å². The van der Waals surface area contributed by atoms with Gasteiger partial charge in [0, 0.05) is 29.7 Å². The highest BCUT2D eigenvalue weighted by Gasteiger charge is 2.26. The Labute approximate surface area is 123 Å². The minimum absolute atomic E-state index is 0.168. The Kier molecular flexibility index (Phi) is 4.14. The highest BCUT2D eigenvalue weighted by Crippen LogP contribution is 2.37. The van der Waals surface area contributed by atoms with Crippen LogP contribution in [0.5, 0.6) is 0 Å². The van der Waals surface area contributed by atoms with Crippen LogP contribution in [0.1, 0.15) is 35.9 Å². The van der Waals surface area contributed by atoms with Gasteiger partial charge in [0.1, 0.15) is 0 Å². The second kappa shape index (κ2) is 5.67. The van der Waals surface area contributed by atoms with Crippen LogP contribution in [0.3, 0.4) is 0 Å². The Morgan fingerprint density at radius 1 is 1.45 bits per heavy atom. The first-order valence-corrected chi connectivity index (χ1v) is 6.75. The SMILES string of the molecule is COC(=O)c1c(Cl)c(-c2cccnc2)n(C(C)C)c1C. The van der Waals surface area contributed by atoms with E-state index in [1.807, 2.05) is 37.5 Å². The van der Waals surface area contributed by atoms with Gasteiger partial charge in [-0.05, 0) is 32.9 Å². The van der Waals surface area contributed by atoms with Crippen molar-refractivity contribution in [3.8, 4) is 11.3 Å². The van der Waals surface area contributed by atoms with Gasteiger partial charge >= 0.3 is 5.97 Å². The van der Waals surface area contributed by atoms with E-state index in [4.69, 9.17) is 16.3 Å². The molecule has 0 saturated carbocycles. The molecule has 2 heterocycles. The number of methoxy groups -OCH3 is 1. The number of rotatable bonds is 3. The first-order chi connectivity index (χ1) is 9.49.